The van der Waals surface area contributed by atoms with Crippen LogP contribution < -0.4 is 5.32 Å². The number of aliphatic hydroxyl groups excluding tert-OH is 1. The first-order valence-electron chi connectivity index (χ1n) is 12.5. The summed E-state index contributed by atoms with van der Waals surface area (Å²) in [5.74, 6) is -0.610. The van der Waals surface area contributed by atoms with Crippen LogP contribution in [-0.2, 0) is 27.9 Å². The highest BCUT2D eigenvalue weighted by Gasteiger charge is 2.23. The first-order valence-corrected chi connectivity index (χ1v) is 14.0. The molecule has 0 rings (SSSR count). The molecule has 10 heteroatoms. The van der Waals surface area contributed by atoms with Gasteiger partial charge in [-0.15, -0.1) is 0 Å². The molecule has 0 aliphatic heterocycles. The second-order valence-electron chi connectivity index (χ2n) is 7.93. The zero-order valence-electron chi connectivity index (χ0n) is 21.2. The summed E-state index contributed by atoms with van der Waals surface area (Å²) in [5, 5.41) is 12.3. The summed E-state index contributed by atoms with van der Waals surface area (Å²) in [7, 11) is -4.38. The van der Waals surface area contributed by atoms with Crippen LogP contribution in [0.25, 0.3) is 0 Å². The molecule has 0 aromatic heterocycles. The topological polar surface area (TPSA) is 131 Å². The van der Waals surface area contributed by atoms with E-state index in [0.717, 1.165) is 38.5 Å². The van der Waals surface area contributed by atoms with Crippen molar-refractivity contribution in [2.24, 2.45) is 0 Å². The highest BCUT2D eigenvalue weighted by molar-refractivity contribution is 7.47. The van der Waals surface area contributed by atoms with Crippen LogP contribution in [0.3, 0.4) is 0 Å². The van der Waals surface area contributed by atoms with Crippen molar-refractivity contribution in [2.75, 3.05) is 26.4 Å². The van der Waals surface area contributed by atoms with E-state index < -0.39 is 26.5 Å². The van der Waals surface area contributed by atoms with Crippen molar-refractivity contribution in [1.29, 1.82) is 0 Å². The quantitative estimate of drug-likeness (QED) is 0.0811. The van der Waals surface area contributed by atoms with Crippen LogP contribution in [-0.4, -0.2) is 54.3 Å². The molecule has 0 spiro atoms. The van der Waals surface area contributed by atoms with E-state index in [1.807, 2.05) is 6.92 Å². The molecule has 1 amide bonds. The molecular formula is C25H44NO8P. The van der Waals surface area contributed by atoms with Crippen molar-refractivity contribution in [3.05, 3.63) is 36.5 Å². The number of hydrogen-bond donors (Lipinski definition) is 3. The van der Waals surface area contributed by atoms with E-state index in [9.17, 15) is 24.2 Å². The number of phosphoric acid groups is 1. The Morgan fingerprint density at radius 2 is 1.60 bits per heavy atom. The third-order valence-corrected chi connectivity index (χ3v) is 5.54. The molecule has 2 unspecified atom stereocenters. The molecule has 0 saturated heterocycles. The van der Waals surface area contributed by atoms with Crippen LogP contribution in [0.15, 0.2) is 36.5 Å². The maximum absolute atomic E-state index is 11.8. The molecule has 202 valence electrons. The molecule has 2 atom stereocenters. The van der Waals surface area contributed by atoms with E-state index >= 15 is 0 Å². The van der Waals surface area contributed by atoms with Crippen LogP contribution in [0.4, 0.5) is 0 Å². The number of carbonyl (C=O) groups is 2. The summed E-state index contributed by atoms with van der Waals surface area (Å²) < 4.78 is 26.1. The second kappa shape index (κ2) is 22.7. The number of amides is 1. The minimum Gasteiger partial charge on any atom is -0.463 e. The lowest BCUT2D eigenvalue weighted by Crippen LogP contribution is -2.27. The minimum atomic E-state index is -4.38. The third-order valence-electron chi connectivity index (χ3n) is 4.55. The van der Waals surface area contributed by atoms with Crippen molar-refractivity contribution in [3.63, 3.8) is 0 Å². The number of unbranched alkanes of at least 4 members (excludes halogenated alkanes) is 3. The van der Waals surface area contributed by atoms with E-state index in [0.29, 0.717) is 19.3 Å². The van der Waals surface area contributed by atoms with Gasteiger partial charge < -0.3 is 20.1 Å². The standard InChI is InChI=1S/C25H44NO8P/c1-3-5-6-7-8-9-10-11-12-13-14-15-16-18-25(29)32-21-23(27)22-34-35(30,31)33-20-19-26-24(28)17-4-2/h5-6,8-9,11-12,23,27H,3-4,7,10,13-22H2,1-2H3,(H,26,28)(H,30,31)/b6-5-,9-8-,12-11-. The van der Waals surface area contributed by atoms with E-state index in [1.54, 1.807) is 0 Å². The maximum atomic E-state index is 11.8. The van der Waals surface area contributed by atoms with Crippen molar-refractivity contribution in [1.82, 2.24) is 5.32 Å². The highest BCUT2D eigenvalue weighted by Crippen LogP contribution is 2.42. The van der Waals surface area contributed by atoms with E-state index in [4.69, 9.17) is 9.26 Å². The number of aliphatic hydroxyl groups is 1. The fourth-order valence-corrected chi connectivity index (χ4v) is 3.49. The summed E-state index contributed by atoms with van der Waals surface area (Å²) in [5.41, 5.74) is 0. The molecule has 9 nitrogen and oxygen atoms in total. The van der Waals surface area contributed by atoms with Crippen LogP contribution in [0, 0.1) is 0 Å². The zero-order valence-corrected chi connectivity index (χ0v) is 22.1. The number of esters is 1. The molecule has 0 radical (unpaired) electrons. The third kappa shape index (κ3) is 23.7. The Bertz CT molecular complexity index is 693. The normalized spacial score (nSPS) is 14.5. The smallest absolute Gasteiger partial charge is 0.463 e. The predicted octanol–water partition coefficient (Wildman–Crippen LogP) is 4.75. The Morgan fingerprint density at radius 3 is 2.29 bits per heavy atom. The van der Waals surface area contributed by atoms with E-state index in [-0.39, 0.29) is 32.1 Å². The van der Waals surface area contributed by atoms with Gasteiger partial charge in [-0.25, -0.2) is 4.57 Å². The molecule has 0 aliphatic carbocycles. The van der Waals surface area contributed by atoms with Crippen molar-refractivity contribution in [2.45, 2.75) is 84.2 Å². The lowest BCUT2D eigenvalue weighted by Gasteiger charge is -2.15. The predicted molar refractivity (Wildman–Crippen MR) is 137 cm³/mol. The van der Waals surface area contributed by atoms with Gasteiger partial charge >= 0.3 is 13.8 Å². The molecule has 0 heterocycles. The average molecular weight is 518 g/mol. The fourth-order valence-electron chi connectivity index (χ4n) is 2.73. The SMILES string of the molecule is CC/C=C\C/C=C\C/C=C\CCCCCC(=O)OCC(O)COP(=O)(O)OCCNC(=O)CCC. The van der Waals surface area contributed by atoms with Crippen LogP contribution >= 0.6 is 7.82 Å². The lowest BCUT2D eigenvalue weighted by molar-refractivity contribution is -0.147. The highest BCUT2D eigenvalue weighted by atomic mass is 31.2. The molecular weight excluding hydrogens is 473 g/mol. The molecule has 0 saturated carbocycles. The van der Waals surface area contributed by atoms with Gasteiger partial charge in [-0.2, -0.15) is 0 Å². The largest absolute Gasteiger partial charge is 0.472 e. The molecule has 35 heavy (non-hydrogen) atoms. The van der Waals surface area contributed by atoms with Gasteiger partial charge in [0, 0.05) is 19.4 Å². The Balaban J connectivity index is 3.73. The molecule has 0 aromatic rings. The summed E-state index contributed by atoms with van der Waals surface area (Å²) in [4.78, 5) is 32.6. The van der Waals surface area contributed by atoms with Gasteiger partial charge in [-0.1, -0.05) is 56.7 Å². The van der Waals surface area contributed by atoms with Gasteiger partial charge in [-0.3, -0.25) is 18.6 Å². The van der Waals surface area contributed by atoms with Gasteiger partial charge in [0.1, 0.15) is 12.7 Å². The number of nitrogens with one attached hydrogen (secondary N) is 1. The molecule has 0 aromatic carbocycles. The molecule has 0 fully saturated rings. The van der Waals surface area contributed by atoms with Crippen LogP contribution in [0.2, 0.25) is 0 Å². The van der Waals surface area contributed by atoms with Gasteiger partial charge in [0.2, 0.25) is 5.91 Å². The van der Waals surface area contributed by atoms with Crippen molar-refractivity contribution >= 4 is 19.7 Å². The van der Waals surface area contributed by atoms with Crippen molar-refractivity contribution < 1.29 is 37.9 Å². The van der Waals surface area contributed by atoms with Gasteiger partial charge in [0.25, 0.3) is 0 Å². The van der Waals surface area contributed by atoms with Gasteiger partial charge in [-0.05, 0) is 44.9 Å². The lowest BCUT2D eigenvalue weighted by atomic mass is 10.1. The summed E-state index contributed by atoms with van der Waals surface area (Å²) in [6, 6.07) is 0. The Hall–Kier alpha value is -1.77. The summed E-state index contributed by atoms with van der Waals surface area (Å²) in [6.45, 7) is 2.97. The van der Waals surface area contributed by atoms with Gasteiger partial charge in [0.15, 0.2) is 0 Å². The molecule has 0 aliphatic rings. The van der Waals surface area contributed by atoms with Crippen molar-refractivity contribution in [3.8, 4) is 0 Å². The number of ether oxygens (including phenoxy) is 1. The Kier molecular flexibility index (Phi) is 21.5. The number of allylic oxidation sites excluding steroid dienone is 6. The molecule has 3 N–H and O–H groups in total. The number of rotatable bonds is 22. The number of phosphoric ester groups is 1. The fraction of sp³-hybridized carbons (Fsp3) is 0.680. The van der Waals surface area contributed by atoms with E-state index in [2.05, 4.69) is 53.2 Å². The minimum absolute atomic E-state index is 0.0672. The monoisotopic (exact) mass is 517 g/mol. The summed E-state index contributed by atoms with van der Waals surface area (Å²) >= 11 is 0. The van der Waals surface area contributed by atoms with Crippen LogP contribution in [0.1, 0.15) is 78.1 Å². The Labute approximate surface area is 210 Å². The number of carbonyl (C=O) groups excluding carboxylic acids is 2. The van der Waals surface area contributed by atoms with Gasteiger partial charge in [0.05, 0.1) is 13.2 Å². The Morgan fingerprint density at radius 1 is 0.914 bits per heavy atom. The average Bonchev–Trinajstić information content (AvgIpc) is 2.82. The van der Waals surface area contributed by atoms with E-state index in [1.165, 1.54) is 0 Å². The number of hydrogen-bond acceptors (Lipinski definition) is 7. The first-order chi connectivity index (χ1) is 16.8. The first kappa shape index (κ1) is 33.2. The zero-order chi connectivity index (χ0) is 26.2. The van der Waals surface area contributed by atoms with Crippen LogP contribution in [0.5, 0.6) is 0 Å². The summed E-state index contributed by atoms with van der Waals surface area (Å²) in [6.07, 6.45) is 19.4. The second-order valence-corrected chi connectivity index (χ2v) is 9.38. The molecule has 0 bridgehead atoms. The maximum Gasteiger partial charge on any atom is 0.472 e.